The second kappa shape index (κ2) is 6.37. The van der Waals surface area contributed by atoms with E-state index in [0.717, 1.165) is 0 Å². The highest BCUT2D eigenvalue weighted by molar-refractivity contribution is 5.81. The molecule has 2 aromatic rings. The van der Waals surface area contributed by atoms with Gasteiger partial charge in [-0.25, -0.2) is 0 Å². The largest absolute Gasteiger partial charge is 0.377 e. The molecule has 2 aromatic carbocycles. The lowest BCUT2D eigenvalue weighted by atomic mass is 9.64. The van der Waals surface area contributed by atoms with Crippen molar-refractivity contribution in [1.82, 2.24) is 0 Å². The number of hydrogen-bond donors (Lipinski definition) is 1. The van der Waals surface area contributed by atoms with Crippen LogP contribution in [0.2, 0.25) is 0 Å². The first-order valence-corrected chi connectivity index (χ1v) is 9.76. The van der Waals surface area contributed by atoms with Crippen molar-refractivity contribution in [2.75, 3.05) is 5.32 Å². The van der Waals surface area contributed by atoms with E-state index in [4.69, 9.17) is 0 Å². The summed E-state index contributed by atoms with van der Waals surface area (Å²) in [6.45, 7) is 6.70. The number of hydrogen-bond acceptors (Lipinski definition) is 1. The molecule has 1 aliphatic carbocycles. The van der Waals surface area contributed by atoms with Crippen molar-refractivity contribution in [3.05, 3.63) is 70.8 Å². The van der Waals surface area contributed by atoms with Gasteiger partial charge in [-0.2, -0.15) is 0 Å². The minimum atomic E-state index is 0.257. The van der Waals surface area contributed by atoms with E-state index in [-0.39, 0.29) is 5.41 Å². The minimum Gasteiger partial charge on any atom is -0.377 e. The van der Waals surface area contributed by atoms with E-state index in [9.17, 15) is 0 Å². The van der Waals surface area contributed by atoms with Gasteiger partial charge in [0, 0.05) is 11.1 Å². The summed E-state index contributed by atoms with van der Waals surface area (Å²) in [4.78, 5) is 0. The van der Waals surface area contributed by atoms with Gasteiger partial charge in [0.2, 0.25) is 0 Å². The lowest BCUT2D eigenvalue weighted by molar-refractivity contribution is 0.294. The number of benzene rings is 2. The summed E-state index contributed by atoms with van der Waals surface area (Å²) in [5, 5.41) is 3.92. The third-order valence-electron chi connectivity index (χ3n) is 6.60. The average Bonchev–Trinajstić information content (AvgIpc) is 2.94. The van der Waals surface area contributed by atoms with Crippen LogP contribution in [-0.4, -0.2) is 6.04 Å². The predicted octanol–water partition coefficient (Wildman–Crippen LogP) is 6.40. The Morgan fingerprint density at radius 1 is 1.00 bits per heavy atom. The molecule has 0 amide bonds. The van der Waals surface area contributed by atoms with Crippen LogP contribution in [0, 0.1) is 13.8 Å². The van der Waals surface area contributed by atoms with E-state index in [0.29, 0.717) is 6.04 Å². The number of aryl methyl sites for hydroxylation is 1. The number of para-hydroxylation sites is 1. The van der Waals surface area contributed by atoms with Crippen molar-refractivity contribution in [3.63, 3.8) is 0 Å². The van der Waals surface area contributed by atoms with Crippen LogP contribution in [0.4, 0.5) is 5.69 Å². The van der Waals surface area contributed by atoms with Crippen LogP contribution < -0.4 is 5.32 Å². The standard InChI is InChI=1S/C24H29N/c1-4-19(20-12-10-11-17(2)18(20)3)23-24(15-8-5-9-16-24)21-13-6-7-14-22(21)25-23/h4,6-7,10-14,23,25H,5,8-9,15-16H2,1-3H3/b19-4+. The molecule has 0 saturated heterocycles. The smallest absolute Gasteiger partial charge is 0.0614 e. The molecule has 2 aliphatic rings. The molecule has 1 atom stereocenters. The summed E-state index contributed by atoms with van der Waals surface area (Å²) >= 11 is 0. The van der Waals surface area contributed by atoms with Gasteiger partial charge in [-0.15, -0.1) is 0 Å². The van der Waals surface area contributed by atoms with Gasteiger partial charge in [-0.3, -0.25) is 0 Å². The van der Waals surface area contributed by atoms with Crippen molar-refractivity contribution in [2.24, 2.45) is 0 Å². The molecule has 130 valence electrons. The van der Waals surface area contributed by atoms with Crippen LogP contribution in [-0.2, 0) is 5.41 Å². The quantitative estimate of drug-likeness (QED) is 0.671. The highest BCUT2D eigenvalue weighted by Crippen LogP contribution is 2.53. The molecular weight excluding hydrogens is 302 g/mol. The van der Waals surface area contributed by atoms with Gasteiger partial charge in [0.05, 0.1) is 6.04 Å². The van der Waals surface area contributed by atoms with Crippen molar-refractivity contribution in [3.8, 4) is 0 Å². The zero-order valence-corrected chi connectivity index (χ0v) is 15.7. The average molecular weight is 332 g/mol. The monoisotopic (exact) mass is 331 g/mol. The van der Waals surface area contributed by atoms with Gasteiger partial charge in [0.25, 0.3) is 0 Å². The maximum absolute atomic E-state index is 3.92. The summed E-state index contributed by atoms with van der Waals surface area (Å²) in [5.41, 5.74) is 8.83. The normalized spacial score (nSPS) is 21.9. The lowest BCUT2D eigenvalue weighted by Gasteiger charge is -2.40. The fourth-order valence-corrected chi connectivity index (χ4v) is 5.15. The van der Waals surface area contributed by atoms with Gasteiger partial charge in [0.15, 0.2) is 0 Å². The molecule has 1 spiro atoms. The number of rotatable bonds is 2. The van der Waals surface area contributed by atoms with E-state index in [2.05, 4.69) is 74.6 Å². The second-order valence-electron chi connectivity index (χ2n) is 7.83. The predicted molar refractivity (Wildman–Crippen MR) is 108 cm³/mol. The van der Waals surface area contributed by atoms with Crippen molar-refractivity contribution >= 4 is 11.3 Å². The van der Waals surface area contributed by atoms with Gasteiger partial charge >= 0.3 is 0 Å². The van der Waals surface area contributed by atoms with Crippen LogP contribution in [0.25, 0.3) is 5.57 Å². The Kier molecular flexibility index (Phi) is 4.19. The third-order valence-corrected chi connectivity index (χ3v) is 6.60. The Bertz CT molecular complexity index is 809. The molecule has 1 aliphatic heterocycles. The topological polar surface area (TPSA) is 12.0 Å². The van der Waals surface area contributed by atoms with Gasteiger partial charge in [-0.1, -0.05) is 61.7 Å². The first-order valence-electron chi connectivity index (χ1n) is 9.76. The van der Waals surface area contributed by atoms with E-state index >= 15 is 0 Å². The fourth-order valence-electron chi connectivity index (χ4n) is 5.15. The second-order valence-corrected chi connectivity index (χ2v) is 7.83. The van der Waals surface area contributed by atoms with Crippen LogP contribution in [0.5, 0.6) is 0 Å². The molecule has 1 heteroatoms. The zero-order chi connectivity index (χ0) is 17.4. The Morgan fingerprint density at radius 2 is 1.76 bits per heavy atom. The molecule has 0 radical (unpaired) electrons. The molecule has 1 nitrogen and oxygen atoms in total. The van der Waals surface area contributed by atoms with E-state index in [1.165, 1.54) is 60.1 Å². The molecule has 1 saturated carbocycles. The number of nitrogens with one attached hydrogen (secondary N) is 1. The van der Waals surface area contributed by atoms with E-state index < -0.39 is 0 Å². The van der Waals surface area contributed by atoms with Crippen molar-refractivity contribution < 1.29 is 0 Å². The maximum atomic E-state index is 3.92. The Morgan fingerprint density at radius 3 is 2.52 bits per heavy atom. The van der Waals surface area contributed by atoms with Gasteiger partial charge < -0.3 is 5.32 Å². The molecule has 1 unspecified atom stereocenters. The summed E-state index contributed by atoms with van der Waals surface area (Å²) in [6.07, 6.45) is 9.01. The first-order chi connectivity index (χ1) is 12.2. The van der Waals surface area contributed by atoms with Gasteiger partial charge in [-0.05, 0) is 67.5 Å². The molecule has 0 aromatic heterocycles. The third kappa shape index (κ3) is 2.52. The highest BCUT2D eigenvalue weighted by Gasteiger charge is 2.48. The van der Waals surface area contributed by atoms with E-state index in [1.54, 1.807) is 5.56 Å². The molecule has 4 rings (SSSR count). The molecule has 0 bridgehead atoms. The number of fused-ring (bicyclic) bond motifs is 2. The summed E-state index contributed by atoms with van der Waals surface area (Å²) in [6, 6.07) is 16.1. The summed E-state index contributed by atoms with van der Waals surface area (Å²) in [7, 11) is 0. The van der Waals surface area contributed by atoms with Gasteiger partial charge in [0.1, 0.15) is 0 Å². The van der Waals surface area contributed by atoms with Crippen LogP contribution >= 0.6 is 0 Å². The lowest BCUT2D eigenvalue weighted by Crippen LogP contribution is -2.41. The van der Waals surface area contributed by atoms with Crippen LogP contribution in [0.3, 0.4) is 0 Å². The SMILES string of the molecule is C/C=C(\c1cccc(C)c1C)C1Nc2ccccc2C12CCCCC2. The Hall–Kier alpha value is -2.02. The highest BCUT2D eigenvalue weighted by atomic mass is 15.0. The van der Waals surface area contributed by atoms with Crippen LogP contribution in [0.15, 0.2) is 48.5 Å². The maximum Gasteiger partial charge on any atom is 0.0614 e. The molecule has 1 N–H and O–H groups in total. The minimum absolute atomic E-state index is 0.257. The Balaban J connectivity index is 1.84. The molecule has 25 heavy (non-hydrogen) atoms. The molecule has 1 heterocycles. The molecular formula is C24H29N. The Labute approximate surface area is 152 Å². The van der Waals surface area contributed by atoms with E-state index in [1.807, 2.05) is 0 Å². The first kappa shape index (κ1) is 16.4. The fraction of sp³-hybridized carbons (Fsp3) is 0.417. The van der Waals surface area contributed by atoms with Crippen LogP contribution in [0.1, 0.15) is 61.3 Å². The summed E-state index contributed by atoms with van der Waals surface area (Å²) in [5.74, 6) is 0. The number of anilines is 1. The number of allylic oxidation sites excluding steroid dienone is 1. The van der Waals surface area contributed by atoms with Crippen molar-refractivity contribution in [2.45, 2.75) is 64.3 Å². The zero-order valence-electron chi connectivity index (χ0n) is 15.7. The molecule has 1 fully saturated rings. The van der Waals surface area contributed by atoms with Crippen molar-refractivity contribution in [1.29, 1.82) is 0 Å². The summed E-state index contributed by atoms with van der Waals surface area (Å²) < 4.78 is 0.